The number of carboxylic acid groups (broad SMARTS) is 2. The first-order valence-corrected chi connectivity index (χ1v) is 5.94. The Kier molecular flexibility index (Phi) is 4.60. The van der Waals surface area contributed by atoms with Crippen LogP contribution in [0.4, 0.5) is 0 Å². The summed E-state index contributed by atoms with van der Waals surface area (Å²) in [7, 11) is 2.82. The predicted octanol–water partition coefficient (Wildman–Crippen LogP) is 2.06. The lowest BCUT2D eigenvalue weighted by atomic mass is 9.85. The number of methoxy groups -OCH3 is 2. The molecule has 0 saturated heterocycles. The van der Waals surface area contributed by atoms with Crippen molar-refractivity contribution in [1.82, 2.24) is 0 Å². The number of hydrogen-bond donors (Lipinski definition) is 2. The van der Waals surface area contributed by atoms with E-state index in [0.717, 1.165) is 0 Å². The SMILES string of the molecule is COc1cc(C(=O)O)cc(CC(C)(C)C(=O)O)c1OC. The van der Waals surface area contributed by atoms with Crippen molar-refractivity contribution < 1.29 is 29.3 Å². The van der Waals surface area contributed by atoms with E-state index >= 15 is 0 Å². The topological polar surface area (TPSA) is 93.1 Å². The molecule has 0 aliphatic heterocycles. The van der Waals surface area contributed by atoms with Crippen molar-refractivity contribution in [3.05, 3.63) is 23.3 Å². The number of ether oxygens (including phenoxy) is 2. The van der Waals surface area contributed by atoms with E-state index < -0.39 is 17.4 Å². The van der Waals surface area contributed by atoms with Crippen molar-refractivity contribution in [3.8, 4) is 11.5 Å². The van der Waals surface area contributed by atoms with Gasteiger partial charge in [-0.2, -0.15) is 0 Å². The minimum Gasteiger partial charge on any atom is -0.493 e. The van der Waals surface area contributed by atoms with Gasteiger partial charge in [0.05, 0.1) is 25.2 Å². The van der Waals surface area contributed by atoms with Gasteiger partial charge in [0, 0.05) is 0 Å². The van der Waals surface area contributed by atoms with Crippen LogP contribution in [0.2, 0.25) is 0 Å². The Hall–Kier alpha value is -2.24. The highest BCUT2D eigenvalue weighted by atomic mass is 16.5. The third kappa shape index (κ3) is 3.20. The van der Waals surface area contributed by atoms with Gasteiger partial charge in [0.1, 0.15) is 0 Å². The summed E-state index contributed by atoms with van der Waals surface area (Å²) in [4.78, 5) is 22.3. The molecule has 6 heteroatoms. The summed E-state index contributed by atoms with van der Waals surface area (Å²) in [6.45, 7) is 3.13. The van der Waals surface area contributed by atoms with Crippen molar-refractivity contribution in [2.45, 2.75) is 20.3 Å². The summed E-state index contributed by atoms with van der Waals surface area (Å²) in [6, 6.07) is 2.76. The number of benzene rings is 1. The van der Waals surface area contributed by atoms with E-state index in [1.54, 1.807) is 13.8 Å². The van der Waals surface area contributed by atoms with Crippen LogP contribution in [-0.4, -0.2) is 36.4 Å². The monoisotopic (exact) mass is 282 g/mol. The fourth-order valence-corrected chi connectivity index (χ4v) is 1.85. The molecule has 0 aliphatic rings. The summed E-state index contributed by atoms with van der Waals surface area (Å²) in [5.41, 5.74) is -0.537. The number of aliphatic carboxylic acids is 1. The van der Waals surface area contributed by atoms with Gasteiger partial charge in [0.2, 0.25) is 0 Å². The van der Waals surface area contributed by atoms with Gasteiger partial charge in [-0.1, -0.05) is 0 Å². The van der Waals surface area contributed by atoms with Crippen molar-refractivity contribution in [2.75, 3.05) is 14.2 Å². The maximum Gasteiger partial charge on any atom is 0.335 e. The molecule has 1 aromatic carbocycles. The average Bonchev–Trinajstić information content (AvgIpc) is 2.36. The lowest BCUT2D eigenvalue weighted by Crippen LogP contribution is -2.26. The lowest BCUT2D eigenvalue weighted by Gasteiger charge is -2.22. The molecule has 20 heavy (non-hydrogen) atoms. The highest BCUT2D eigenvalue weighted by Crippen LogP contribution is 2.36. The lowest BCUT2D eigenvalue weighted by molar-refractivity contribution is -0.146. The molecule has 0 spiro atoms. The summed E-state index contributed by atoms with van der Waals surface area (Å²) in [6.07, 6.45) is 0.128. The van der Waals surface area contributed by atoms with Crippen LogP contribution >= 0.6 is 0 Å². The van der Waals surface area contributed by atoms with Crippen molar-refractivity contribution in [1.29, 1.82) is 0 Å². The molecule has 0 aliphatic carbocycles. The minimum absolute atomic E-state index is 0.0267. The second kappa shape index (κ2) is 5.81. The van der Waals surface area contributed by atoms with E-state index in [0.29, 0.717) is 11.3 Å². The third-order valence-electron chi connectivity index (χ3n) is 3.01. The molecule has 0 amide bonds. The van der Waals surface area contributed by atoms with Crippen LogP contribution in [0.15, 0.2) is 12.1 Å². The Bertz CT molecular complexity index is 533. The van der Waals surface area contributed by atoms with Gasteiger partial charge in [-0.05, 0) is 38.0 Å². The van der Waals surface area contributed by atoms with Gasteiger partial charge in [-0.25, -0.2) is 4.79 Å². The zero-order chi connectivity index (χ0) is 15.5. The van der Waals surface area contributed by atoms with Crippen molar-refractivity contribution in [2.24, 2.45) is 5.41 Å². The Morgan fingerprint density at radius 3 is 2.15 bits per heavy atom. The van der Waals surface area contributed by atoms with Gasteiger partial charge < -0.3 is 19.7 Å². The van der Waals surface area contributed by atoms with Gasteiger partial charge in [-0.3, -0.25) is 4.79 Å². The Morgan fingerprint density at radius 2 is 1.75 bits per heavy atom. The second-order valence-electron chi connectivity index (χ2n) is 5.04. The fraction of sp³-hybridized carbons (Fsp3) is 0.429. The Balaban J connectivity index is 3.39. The van der Waals surface area contributed by atoms with Crippen LogP contribution in [0.5, 0.6) is 11.5 Å². The zero-order valence-electron chi connectivity index (χ0n) is 11.9. The molecule has 0 heterocycles. The first-order chi connectivity index (χ1) is 9.22. The highest BCUT2D eigenvalue weighted by molar-refractivity contribution is 5.89. The number of rotatable bonds is 6. The first kappa shape index (κ1) is 15.8. The van der Waals surface area contributed by atoms with Gasteiger partial charge >= 0.3 is 11.9 Å². The van der Waals surface area contributed by atoms with Gasteiger partial charge in [-0.15, -0.1) is 0 Å². The van der Waals surface area contributed by atoms with E-state index in [1.165, 1.54) is 26.4 Å². The van der Waals surface area contributed by atoms with Crippen LogP contribution in [0.3, 0.4) is 0 Å². The quantitative estimate of drug-likeness (QED) is 0.829. The molecule has 0 atom stereocenters. The second-order valence-corrected chi connectivity index (χ2v) is 5.04. The largest absolute Gasteiger partial charge is 0.493 e. The van der Waals surface area contributed by atoms with E-state index in [-0.39, 0.29) is 17.7 Å². The normalized spacial score (nSPS) is 11.0. The molecular formula is C14H18O6. The minimum atomic E-state index is -1.11. The number of hydrogen-bond acceptors (Lipinski definition) is 4. The van der Waals surface area contributed by atoms with Crippen molar-refractivity contribution in [3.63, 3.8) is 0 Å². The van der Waals surface area contributed by atoms with E-state index in [9.17, 15) is 14.7 Å². The van der Waals surface area contributed by atoms with Crippen LogP contribution in [0, 0.1) is 5.41 Å². The molecule has 110 valence electrons. The Labute approximate surface area is 116 Å². The maximum absolute atomic E-state index is 11.2. The van der Waals surface area contributed by atoms with Crippen LogP contribution in [-0.2, 0) is 11.2 Å². The van der Waals surface area contributed by atoms with Gasteiger partial charge in [0.15, 0.2) is 11.5 Å². The number of carboxylic acids is 2. The third-order valence-corrected chi connectivity index (χ3v) is 3.01. The molecule has 0 radical (unpaired) electrons. The number of carbonyl (C=O) groups is 2. The molecular weight excluding hydrogens is 264 g/mol. The Morgan fingerprint density at radius 1 is 1.15 bits per heavy atom. The fourth-order valence-electron chi connectivity index (χ4n) is 1.85. The highest BCUT2D eigenvalue weighted by Gasteiger charge is 2.30. The molecule has 0 bridgehead atoms. The summed E-state index contributed by atoms with van der Waals surface area (Å²) in [5.74, 6) is -1.46. The van der Waals surface area contributed by atoms with Crippen LogP contribution in [0.25, 0.3) is 0 Å². The van der Waals surface area contributed by atoms with Crippen LogP contribution < -0.4 is 9.47 Å². The average molecular weight is 282 g/mol. The van der Waals surface area contributed by atoms with E-state index in [2.05, 4.69) is 0 Å². The van der Waals surface area contributed by atoms with E-state index in [4.69, 9.17) is 14.6 Å². The maximum atomic E-state index is 11.2. The molecule has 0 aromatic heterocycles. The molecule has 0 fully saturated rings. The predicted molar refractivity (Wildman–Crippen MR) is 71.6 cm³/mol. The van der Waals surface area contributed by atoms with Gasteiger partial charge in [0.25, 0.3) is 0 Å². The molecule has 1 rings (SSSR count). The molecule has 6 nitrogen and oxygen atoms in total. The van der Waals surface area contributed by atoms with Crippen LogP contribution in [0.1, 0.15) is 29.8 Å². The van der Waals surface area contributed by atoms with Crippen molar-refractivity contribution >= 4 is 11.9 Å². The summed E-state index contributed by atoms with van der Waals surface area (Å²) >= 11 is 0. The zero-order valence-corrected chi connectivity index (χ0v) is 11.9. The molecule has 0 saturated carbocycles. The molecule has 1 aromatic rings. The first-order valence-electron chi connectivity index (χ1n) is 5.94. The molecule has 0 unspecified atom stereocenters. The smallest absolute Gasteiger partial charge is 0.335 e. The standard InChI is InChI=1S/C14H18O6/c1-14(2,13(17)18)7-9-5-8(12(15)16)6-10(19-3)11(9)20-4/h5-6H,7H2,1-4H3,(H,15,16)(H,17,18). The summed E-state index contributed by atoms with van der Waals surface area (Å²) < 4.78 is 10.3. The summed E-state index contributed by atoms with van der Waals surface area (Å²) in [5, 5.41) is 18.3. The number of aromatic carboxylic acids is 1. The molecule has 2 N–H and O–H groups in total. The van der Waals surface area contributed by atoms with E-state index in [1.807, 2.05) is 0 Å².